The van der Waals surface area contributed by atoms with E-state index in [-0.39, 0.29) is 11.8 Å². The van der Waals surface area contributed by atoms with Crippen molar-refractivity contribution < 1.29 is 9.59 Å². The van der Waals surface area contributed by atoms with Crippen LogP contribution in [0.1, 0.15) is 71.4 Å². The molecule has 0 radical (unpaired) electrons. The van der Waals surface area contributed by atoms with Gasteiger partial charge in [0.1, 0.15) is 0 Å². The molecule has 3 nitrogen and oxygen atoms in total. The van der Waals surface area contributed by atoms with Gasteiger partial charge in [-0.1, -0.05) is 58.0 Å². The topological polar surface area (TPSA) is 46.2 Å². The van der Waals surface area contributed by atoms with Crippen LogP contribution in [0.5, 0.6) is 0 Å². The number of hydrogen-bond acceptors (Lipinski definition) is 2. The summed E-state index contributed by atoms with van der Waals surface area (Å²) in [7, 11) is 0. The first-order valence-corrected chi connectivity index (χ1v) is 8.03. The van der Waals surface area contributed by atoms with E-state index in [0.29, 0.717) is 23.0 Å². The summed E-state index contributed by atoms with van der Waals surface area (Å²) in [6.45, 7) is 8.60. The first-order valence-electron chi connectivity index (χ1n) is 8.03. The highest BCUT2D eigenvalue weighted by Crippen LogP contribution is 2.39. The largest absolute Gasteiger partial charge is 0.288 e. The fourth-order valence-electron chi connectivity index (χ4n) is 3.29. The number of benzene rings is 2. The zero-order valence-electron chi connectivity index (χ0n) is 13.9. The maximum atomic E-state index is 12.3. The molecule has 0 saturated heterocycles. The summed E-state index contributed by atoms with van der Waals surface area (Å²) in [5.41, 5.74) is 5.35. The molecule has 118 valence electrons. The fourth-order valence-corrected chi connectivity index (χ4v) is 3.29. The molecule has 0 fully saturated rings. The van der Waals surface area contributed by atoms with E-state index in [1.165, 1.54) is 11.1 Å². The molecule has 1 N–H and O–H groups in total. The zero-order valence-corrected chi connectivity index (χ0v) is 13.9. The van der Waals surface area contributed by atoms with Gasteiger partial charge in [-0.3, -0.25) is 14.9 Å². The molecular formula is C20H21NO2. The van der Waals surface area contributed by atoms with Gasteiger partial charge in [0.25, 0.3) is 11.8 Å². The Balaban J connectivity index is 2.37. The van der Waals surface area contributed by atoms with Crippen LogP contribution in [0.2, 0.25) is 0 Å². The van der Waals surface area contributed by atoms with Crippen molar-refractivity contribution in [3.8, 4) is 11.1 Å². The van der Waals surface area contributed by atoms with E-state index in [2.05, 4.69) is 51.2 Å². The number of carbonyl (C=O) groups is 2. The number of amides is 2. The van der Waals surface area contributed by atoms with Crippen LogP contribution in [0.3, 0.4) is 0 Å². The molecule has 2 aromatic carbocycles. The molecule has 0 aliphatic carbocycles. The second-order valence-corrected chi connectivity index (χ2v) is 6.63. The summed E-state index contributed by atoms with van der Waals surface area (Å²) >= 11 is 0. The van der Waals surface area contributed by atoms with Crippen molar-refractivity contribution in [3.63, 3.8) is 0 Å². The van der Waals surface area contributed by atoms with Crippen molar-refractivity contribution in [1.82, 2.24) is 5.32 Å². The minimum absolute atomic E-state index is 0.297. The number of carbonyl (C=O) groups excluding carboxylic acids is 2. The smallest absolute Gasteiger partial charge is 0.259 e. The molecule has 1 aliphatic heterocycles. The van der Waals surface area contributed by atoms with Gasteiger partial charge < -0.3 is 0 Å². The third-order valence-corrected chi connectivity index (χ3v) is 4.41. The number of hydrogen-bond donors (Lipinski definition) is 1. The molecular weight excluding hydrogens is 286 g/mol. The number of fused-ring (bicyclic) bond motifs is 1. The van der Waals surface area contributed by atoms with Crippen LogP contribution in [-0.4, -0.2) is 11.8 Å². The van der Waals surface area contributed by atoms with E-state index in [4.69, 9.17) is 0 Å². The highest BCUT2D eigenvalue weighted by Gasteiger charge is 2.31. The summed E-state index contributed by atoms with van der Waals surface area (Å²) in [5.74, 6) is 0.0632. The monoisotopic (exact) mass is 307 g/mol. The average Bonchev–Trinajstić information content (AvgIpc) is 2.81. The van der Waals surface area contributed by atoms with Crippen molar-refractivity contribution >= 4 is 11.8 Å². The van der Waals surface area contributed by atoms with Crippen molar-refractivity contribution in [1.29, 1.82) is 0 Å². The van der Waals surface area contributed by atoms with Crippen molar-refractivity contribution in [2.45, 2.75) is 39.5 Å². The Bertz CT molecular complexity index is 777. The summed E-state index contributed by atoms with van der Waals surface area (Å²) in [6.07, 6.45) is 0. The SMILES string of the molecule is CC(C)c1cccc(C(C)C)c1-c1cccc2c1C(=O)NC2=O. The minimum atomic E-state index is -0.306. The highest BCUT2D eigenvalue weighted by atomic mass is 16.2. The second-order valence-electron chi connectivity index (χ2n) is 6.63. The Labute approximate surface area is 136 Å². The van der Waals surface area contributed by atoms with Crippen LogP contribution >= 0.6 is 0 Å². The van der Waals surface area contributed by atoms with Gasteiger partial charge >= 0.3 is 0 Å². The van der Waals surface area contributed by atoms with Crippen molar-refractivity contribution in [3.05, 3.63) is 58.7 Å². The molecule has 0 bridgehead atoms. The summed E-state index contributed by atoms with van der Waals surface area (Å²) < 4.78 is 0. The van der Waals surface area contributed by atoms with Gasteiger partial charge in [-0.05, 0) is 40.2 Å². The molecule has 3 heteroatoms. The maximum Gasteiger partial charge on any atom is 0.259 e. The summed E-state index contributed by atoms with van der Waals surface area (Å²) in [5, 5.41) is 2.41. The average molecular weight is 307 g/mol. The Morgan fingerprint density at radius 2 is 1.22 bits per heavy atom. The zero-order chi connectivity index (χ0) is 16.7. The van der Waals surface area contributed by atoms with Crippen LogP contribution in [0, 0.1) is 0 Å². The van der Waals surface area contributed by atoms with Crippen LogP contribution in [0.25, 0.3) is 11.1 Å². The van der Waals surface area contributed by atoms with Crippen LogP contribution in [0.4, 0.5) is 0 Å². The van der Waals surface area contributed by atoms with Gasteiger partial charge in [0.05, 0.1) is 11.1 Å². The van der Waals surface area contributed by atoms with E-state index < -0.39 is 0 Å². The number of nitrogens with one attached hydrogen (secondary N) is 1. The molecule has 0 unspecified atom stereocenters. The lowest BCUT2D eigenvalue weighted by molar-refractivity contribution is 0.0880. The molecule has 0 saturated carbocycles. The minimum Gasteiger partial charge on any atom is -0.288 e. The van der Waals surface area contributed by atoms with Gasteiger partial charge in [0, 0.05) is 0 Å². The molecule has 1 aliphatic rings. The second kappa shape index (κ2) is 5.65. The molecule has 2 aromatic rings. The third kappa shape index (κ3) is 2.46. The van der Waals surface area contributed by atoms with Crippen molar-refractivity contribution in [2.75, 3.05) is 0 Å². The molecule has 3 rings (SSSR count). The molecule has 23 heavy (non-hydrogen) atoms. The lowest BCUT2D eigenvalue weighted by atomic mass is 9.83. The fraction of sp³-hybridized carbons (Fsp3) is 0.300. The number of imide groups is 1. The van der Waals surface area contributed by atoms with Crippen LogP contribution in [-0.2, 0) is 0 Å². The van der Waals surface area contributed by atoms with Gasteiger partial charge in [-0.25, -0.2) is 0 Å². The third-order valence-electron chi connectivity index (χ3n) is 4.41. The van der Waals surface area contributed by atoms with Crippen LogP contribution < -0.4 is 5.32 Å². The predicted molar refractivity (Wildman–Crippen MR) is 91.9 cm³/mol. The van der Waals surface area contributed by atoms with Crippen molar-refractivity contribution in [2.24, 2.45) is 0 Å². The Morgan fingerprint density at radius 1 is 0.696 bits per heavy atom. The van der Waals surface area contributed by atoms with Gasteiger partial charge in [0.2, 0.25) is 0 Å². The Morgan fingerprint density at radius 3 is 1.78 bits per heavy atom. The van der Waals surface area contributed by atoms with E-state index in [1.54, 1.807) is 6.07 Å². The Hall–Kier alpha value is -2.42. The first kappa shape index (κ1) is 15.5. The lowest BCUT2D eigenvalue weighted by Gasteiger charge is -2.21. The molecule has 0 atom stereocenters. The van der Waals surface area contributed by atoms with Gasteiger partial charge in [-0.15, -0.1) is 0 Å². The van der Waals surface area contributed by atoms with Gasteiger partial charge in [-0.2, -0.15) is 0 Å². The molecule has 0 spiro atoms. The van der Waals surface area contributed by atoms with E-state index >= 15 is 0 Å². The highest BCUT2D eigenvalue weighted by molar-refractivity contribution is 6.24. The first-order chi connectivity index (χ1) is 10.9. The normalized spacial score (nSPS) is 13.7. The van der Waals surface area contributed by atoms with E-state index in [1.807, 2.05) is 12.1 Å². The summed E-state index contributed by atoms with van der Waals surface area (Å²) in [4.78, 5) is 24.3. The van der Waals surface area contributed by atoms with Gasteiger partial charge in [0.15, 0.2) is 0 Å². The van der Waals surface area contributed by atoms with E-state index in [0.717, 1.165) is 11.1 Å². The molecule has 0 aromatic heterocycles. The maximum absolute atomic E-state index is 12.3. The number of rotatable bonds is 3. The summed E-state index contributed by atoms with van der Waals surface area (Å²) in [6, 6.07) is 11.8. The lowest BCUT2D eigenvalue weighted by Crippen LogP contribution is -2.20. The standard InChI is InChI=1S/C20H21NO2/c1-11(2)13-7-5-8-14(12(3)4)17(13)15-9-6-10-16-18(15)20(23)21-19(16)22/h5-12H,1-4H3,(H,21,22,23). The van der Waals surface area contributed by atoms with E-state index in [9.17, 15) is 9.59 Å². The quantitative estimate of drug-likeness (QED) is 0.850. The van der Waals surface area contributed by atoms with Crippen LogP contribution in [0.15, 0.2) is 36.4 Å². The predicted octanol–water partition coefficient (Wildman–Crippen LogP) is 4.48. The Kier molecular flexibility index (Phi) is 3.80. The molecule has 1 heterocycles. The molecule has 2 amide bonds.